The molecule has 14 heavy (non-hydrogen) atoms. The van der Waals surface area contributed by atoms with E-state index < -0.39 is 0 Å². The van der Waals surface area contributed by atoms with Gasteiger partial charge in [0.15, 0.2) is 0 Å². The second-order valence-corrected chi connectivity index (χ2v) is 5.22. The highest BCUT2D eigenvalue weighted by molar-refractivity contribution is 4.71. The zero-order valence-electron chi connectivity index (χ0n) is 10.5. The van der Waals surface area contributed by atoms with Crippen molar-refractivity contribution in [3.63, 3.8) is 0 Å². The average Bonchev–Trinajstić information content (AvgIpc) is 2.08. The molecule has 0 aliphatic carbocycles. The molecule has 0 aromatic heterocycles. The second-order valence-electron chi connectivity index (χ2n) is 5.22. The van der Waals surface area contributed by atoms with Crippen molar-refractivity contribution in [3.05, 3.63) is 0 Å². The molecule has 2 heteroatoms. The van der Waals surface area contributed by atoms with E-state index in [1.165, 1.54) is 19.3 Å². The molecule has 1 atom stereocenters. The number of unbranched alkanes of at least 4 members (excludes halogenated alkanes) is 1. The number of methoxy groups -OCH3 is 1. The molecule has 0 amide bonds. The fourth-order valence-electron chi connectivity index (χ4n) is 1.32. The van der Waals surface area contributed by atoms with Gasteiger partial charge in [-0.15, -0.1) is 0 Å². The fraction of sp³-hybridized carbons (Fsp3) is 1.00. The standard InChI is InChI=1S/C12H27NO/c1-11(8-6-7-9-14-5)10-13-12(2,3)4/h11,13H,6-10H2,1-5H3. The summed E-state index contributed by atoms with van der Waals surface area (Å²) in [6.45, 7) is 11.0. The molecule has 0 bridgehead atoms. The Labute approximate surface area is 89.4 Å². The van der Waals surface area contributed by atoms with Gasteiger partial charge >= 0.3 is 0 Å². The predicted molar refractivity (Wildman–Crippen MR) is 62.6 cm³/mol. The molecule has 0 rings (SSSR count). The zero-order chi connectivity index (χ0) is 11.0. The summed E-state index contributed by atoms with van der Waals surface area (Å²) in [4.78, 5) is 0. The normalized spacial score (nSPS) is 14.4. The molecule has 0 spiro atoms. The van der Waals surface area contributed by atoms with E-state index in [0.717, 1.165) is 19.1 Å². The van der Waals surface area contributed by atoms with Crippen molar-refractivity contribution in [1.82, 2.24) is 5.32 Å². The van der Waals surface area contributed by atoms with E-state index in [2.05, 4.69) is 33.0 Å². The molecule has 0 aliphatic rings. The summed E-state index contributed by atoms with van der Waals surface area (Å²) in [6.07, 6.45) is 3.77. The van der Waals surface area contributed by atoms with Crippen LogP contribution in [-0.2, 0) is 4.74 Å². The van der Waals surface area contributed by atoms with Gasteiger partial charge in [-0.25, -0.2) is 0 Å². The van der Waals surface area contributed by atoms with Gasteiger partial charge < -0.3 is 10.1 Å². The first-order chi connectivity index (χ1) is 6.45. The Morgan fingerprint density at radius 3 is 2.36 bits per heavy atom. The molecule has 0 aliphatic heterocycles. The van der Waals surface area contributed by atoms with Crippen LogP contribution in [0.25, 0.3) is 0 Å². The smallest absolute Gasteiger partial charge is 0.0462 e. The third-order valence-electron chi connectivity index (χ3n) is 2.28. The lowest BCUT2D eigenvalue weighted by Gasteiger charge is -2.23. The second kappa shape index (κ2) is 7.24. The summed E-state index contributed by atoms with van der Waals surface area (Å²) in [7, 11) is 1.77. The van der Waals surface area contributed by atoms with Crippen LogP contribution >= 0.6 is 0 Å². The predicted octanol–water partition coefficient (Wildman–Crippen LogP) is 2.83. The molecule has 0 fully saturated rings. The van der Waals surface area contributed by atoms with E-state index in [4.69, 9.17) is 4.74 Å². The van der Waals surface area contributed by atoms with E-state index in [1.807, 2.05) is 0 Å². The van der Waals surface area contributed by atoms with Crippen LogP contribution in [-0.4, -0.2) is 25.8 Å². The highest BCUT2D eigenvalue weighted by atomic mass is 16.5. The Morgan fingerprint density at radius 1 is 1.21 bits per heavy atom. The highest BCUT2D eigenvalue weighted by Crippen LogP contribution is 2.08. The molecular formula is C12H27NO. The number of hydrogen-bond acceptors (Lipinski definition) is 2. The lowest BCUT2D eigenvalue weighted by molar-refractivity contribution is 0.190. The van der Waals surface area contributed by atoms with Crippen molar-refractivity contribution in [2.75, 3.05) is 20.3 Å². The van der Waals surface area contributed by atoms with Crippen LogP contribution in [0.2, 0.25) is 0 Å². The maximum atomic E-state index is 5.02. The van der Waals surface area contributed by atoms with E-state index in [0.29, 0.717) is 0 Å². The summed E-state index contributed by atoms with van der Waals surface area (Å²) < 4.78 is 5.02. The van der Waals surface area contributed by atoms with Crippen LogP contribution in [0.5, 0.6) is 0 Å². The molecule has 0 heterocycles. The zero-order valence-corrected chi connectivity index (χ0v) is 10.5. The third kappa shape index (κ3) is 10.0. The minimum absolute atomic E-state index is 0.251. The molecule has 0 aromatic carbocycles. The maximum absolute atomic E-state index is 5.02. The van der Waals surface area contributed by atoms with Gasteiger partial charge in [0.25, 0.3) is 0 Å². The minimum atomic E-state index is 0.251. The summed E-state index contributed by atoms with van der Waals surface area (Å²) in [6, 6.07) is 0. The van der Waals surface area contributed by atoms with Gasteiger partial charge in [0, 0.05) is 19.3 Å². The van der Waals surface area contributed by atoms with Gasteiger partial charge in [-0.2, -0.15) is 0 Å². The van der Waals surface area contributed by atoms with Crippen molar-refractivity contribution < 1.29 is 4.74 Å². The Bertz CT molecular complexity index is 129. The van der Waals surface area contributed by atoms with Gasteiger partial charge in [-0.05, 0) is 46.1 Å². The molecule has 2 nitrogen and oxygen atoms in total. The quantitative estimate of drug-likeness (QED) is 0.640. The van der Waals surface area contributed by atoms with E-state index in [9.17, 15) is 0 Å². The van der Waals surface area contributed by atoms with Crippen LogP contribution in [0, 0.1) is 5.92 Å². The Kier molecular flexibility index (Phi) is 7.20. The average molecular weight is 201 g/mol. The monoisotopic (exact) mass is 201 g/mol. The van der Waals surface area contributed by atoms with Gasteiger partial charge in [0.2, 0.25) is 0 Å². The van der Waals surface area contributed by atoms with Crippen molar-refractivity contribution in [1.29, 1.82) is 0 Å². The molecule has 0 saturated carbocycles. The molecule has 1 N–H and O–H groups in total. The Hall–Kier alpha value is -0.0800. The molecule has 0 radical (unpaired) electrons. The first-order valence-electron chi connectivity index (χ1n) is 5.69. The molecular weight excluding hydrogens is 174 g/mol. The summed E-state index contributed by atoms with van der Waals surface area (Å²) in [5.74, 6) is 0.770. The van der Waals surface area contributed by atoms with Crippen LogP contribution < -0.4 is 5.32 Å². The number of hydrogen-bond donors (Lipinski definition) is 1. The van der Waals surface area contributed by atoms with Gasteiger partial charge in [0.05, 0.1) is 0 Å². The van der Waals surface area contributed by atoms with Gasteiger partial charge in [-0.3, -0.25) is 0 Å². The Balaban J connectivity index is 3.32. The van der Waals surface area contributed by atoms with E-state index in [-0.39, 0.29) is 5.54 Å². The summed E-state index contributed by atoms with van der Waals surface area (Å²) >= 11 is 0. The van der Waals surface area contributed by atoms with Crippen LogP contribution in [0.1, 0.15) is 47.0 Å². The lowest BCUT2D eigenvalue weighted by atomic mass is 10.0. The number of nitrogens with one attached hydrogen (secondary N) is 1. The molecule has 1 unspecified atom stereocenters. The van der Waals surface area contributed by atoms with Crippen molar-refractivity contribution >= 4 is 0 Å². The first-order valence-corrected chi connectivity index (χ1v) is 5.69. The maximum Gasteiger partial charge on any atom is 0.0462 e. The highest BCUT2D eigenvalue weighted by Gasteiger charge is 2.10. The van der Waals surface area contributed by atoms with Crippen LogP contribution in [0.15, 0.2) is 0 Å². The molecule has 0 aromatic rings. The summed E-state index contributed by atoms with van der Waals surface area (Å²) in [5, 5.41) is 3.53. The Morgan fingerprint density at radius 2 is 1.86 bits per heavy atom. The third-order valence-corrected chi connectivity index (χ3v) is 2.28. The van der Waals surface area contributed by atoms with Crippen LogP contribution in [0.4, 0.5) is 0 Å². The first kappa shape index (κ1) is 13.9. The molecule has 86 valence electrons. The summed E-state index contributed by atoms with van der Waals surface area (Å²) in [5.41, 5.74) is 0.251. The van der Waals surface area contributed by atoms with E-state index >= 15 is 0 Å². The van der Waals surface area contributed by atoms with Gasteiger partial charge in [-0.1, -0.05) is 13.3 Å². The van der Waals surface area contributed by atoms with Crippen LogP contribution in [0.3, 0.4) is 0 Å². The number of ether oxygens (including phenoxy) is 1. The van der Waals surface area contributed by atoms with Gasteiger partial charge in [0.1, 0.15) is 0 Å². The lowest BCUT2D eigenvalue weighted by Crippen LogP contribution is -2.38. The minimum Gasteiger partial charge on any atom is -0.385 e. The molecule has 0 saturated heterocycles. The largest absolute Gasteiger partial charge is 0.385 e. The van der Waals surface area contributed by atoms with Crippen molar-refractivity contribution in [2.24, 2.45) is 5.92 Å². The SMILES string of the molecule is COCCCCC(C)CNC(C)(C)C. The number of rotatable bonds is 7. The van der Waals surface area contributed by atoms with Crippen molar-refractivity contribution in [2.45, 2.75) is 52.5 Å². The van der Waals surface area contributed by atoms with E-state index in [1.54, 1.807) is 7.11 Å². The fourth-order valence-corrected chi connectivity index (χ4v) is 1.32. The topological polar surface area (TPSA) is 21.3 Å². The van der Waals surface area contributed by atoms with Crippen molar-refractivity contribution in [3.8, 4) is 0 Å².